The SMILES string of the molecule is N[C@H](C(=O)Cc1cncc(F)c1CC[C@H]1CN[C@@H]2CCCS(=O)(=O)N1C2)[C@@H](c1ccc(Cl)cc1)C1CCCC(F)(F)C1. The number of alkyl halides is 2. The van der Waals surface area contributed by atoms with E-state index in [9.17, 15) is 22.0 Å². The Morgan fingerprint density at radius 2 is 1.95 bits per heavy atom. The van der Waals surface area contributed by atoms with Crippen molar-refractivity contribution in [2.45, 2.75) is 87.8 Å². The summed E-state index contributed by atoms with van der Waals surface area (Å²) in [6, 6.07) is 5.45. The highest BCUT2D eigenvalue weighted by Gasteiger charge is 2.43. The summed E-state index contributed by atoms with van der Waals surface area (Å²) in [7, 11) is -3.40. The van der Waals surface area contributed by atoms with Crippen LogP contribution in [0.15, 0.2) is 36.7 Å². The first kappa shape index (κ1) is 31.4. The first-order chi connectivity index (χ1) is 19.9. The predicted octanol–water partition coefficient (Wildman–Crippen LogP) is 4.62. The number of nitrogens with two attached hydrogens (primary N) is 1. The van der Waals surface area contributed by atoms with Crippen molar-refractivity contribution in [2.24, 2.45) is 11.7 Å². The molecule has 3 N–H and O–H groups in total. The Balaban J connectivity index is 1.34. The lowest BCUT2D eigenvalue weighted by Gasteiger charge is -2.37. The Bertz CT molecular complexity index is 1380. The molecular weight excluding hydrogens is 589 g/mol. The van der Waals surface area contributed by atoms with Gasteiger partial charge in [-0.15, -0.1) is 0 Å². The normalized spacial score (nSPS) is 28.4. The topological polar surface area (TPSA) is 105 Å². The minimum atomic E-state index is -3.40. The number of pyridine rings is 1. The quantitative estimate of drug-likeness (QED) is 0.421. The van der Waals surface area contributed by atoms with Gasteiger partial charge in [-0.3, -0.25) is 9.78 Å². The Morgan fingerprint density at radius 1 is 1.19 bits per heavy atom. The van der Waals surface area contributed by atoms with Crippen LogP contribution >= 0.6 is 11.6 Å². The molecule has 2 aromatic rings. The Morgan fingerprint density at radius 3 is 2.69 bits per heavy atom. The molecule has 7 nitrogen and oxygen atoms in total. The smallest absolute Gasteiger partial charge is 0.248 e. The van der Waals surface area contributed by atoms with Gasteiger partial charge < -0.3 is 11.1 Å². The van der Waals surface area contributed by atoms with Crippen LogP contribution in [0.1, 0.15) is 67.6 Å². The molecule has 2 bridgehead atoms. The molecule has 42 heavy (non-hydrogen) atoms. The fourth-order valence-electron chi connectivity index (χ4n) is 6.97. The average Bonchev–Trinajstić information content (AvgIpc) is 3.05. The van der Waals surface area contributed by atoms with Gasteiger partial charge in [-0.2, -0.15) is 4.31 Å². The third kappa shape index (κ3) is 7.18. The summed E-state index contributed by atoms with van der Waals surface area (Å²) >= 11 is 6.07. The van der Waals surface area contributed by atoms with Crippen LogP contribution < -0.4 is 11.1 Å². The van der Waals surface area contributed by atoms with Crippen molar-refractivity contribution in [1.29, 1.82) is 0 Å². The molecule has 1 saturated carbocycles. The first-order valence-electron chi connectivity index (χ1n) is 14.7. The molecule has 2 aliphatic heterocycles. The number of nitrogens with zero attached hydrogens (tertiary/aromatic N) is 2. The van der Waals surface area contributed by atoms with Gasteiger partial charge in [0.15, 0.2) is 5.78 Å². The molecule has 3 fully saturated rings. The number of hydrogen-bond donors (Lipinski definition) is 2. The van der Waals surface area contributed by atoms with Crippen LogP contribution in [0.2, 0.25) is 5.02 Å². The molecule has 230 valence electrons. The van der Waals surface area contributed by atoms with E-state index in [0.717, 1.165) is 12.6 Å². The van der Waals surface area contributed by atoms with Gasteiger partial charge in [0.2, 0.25) is 15.9 Å². The maximum Gasteiger partial charge on any atom is 0.248 e. The van der Waals surface area contributed by atoms with Crippen molar-refractivity contribution >= 4 is 27.4 Å². The van der Waals surface area contributed by atoms with E-state index < -0.39 is 45.4 Å². The molecule has 0 amide bonds. The summed E-state index contributed by atoms with van der Waals surface area (Å²) in [6.45, 7) is 0.878. The maximum atomic E-state index is 15.1. The number of rotatable bonds is 9. The first-order valence-corrected chi connectivity index (χ1v) is 16.7. The number of aromatic nitrogens is 1. The highest BCUT2D eigenvalue weighted by atomic mass is 35.5. The van der Waals surface area contributed by atoms with E-state index in [4.69, 9.17) is 17.3 Å². The number of Topliss-reactive ketones (excluding diaryl/α,β-unsaturated/α-hetero) is 1. The second-order valence-corrected chi connectivity index (χ2v) is 14.5. The fraction of sp³-hybridized carbons (Fsp3) is 0.600. The lowest BCUT2D eigenvalue weighted by atomic mass is 9.71. The Hall–Kier alpha value is -2.05. The second-order valence-electron chi connectivity index (χ2n) is 12.0. The lowest BCUT2D eigenvalue weighted by molar-refractivity contribution is -0.121. The van der Waals surface area contributed by atoms with Crippen LogP contribution in [0.4, 0.5) is 13.2 Å². The Kier molecular flexibility index (Phi) is 9.64. The molecule has 1 aromatic carbocycles. The molecule has 2 saturated heterocycles. The van der Waals surface area contributed by atoms with Gasteiger partial charge in [0.1, 0.15) is 5.82 Å². The van der Waals surface area contributed by atoms with Gasteiger partial charge in [0, 0.05) is 61.6 Å². The molecule has 3 heterocycles. The van der Waals surface area contributed by atoms with Crippen molar-refractivity contribution in [3.63, 3.8) is 0 Å². The molecule has 0 spiro atoms. The molecule has 1 aliphatic carbocycles. The summed E-state index contributed by atoms with van der Waals surface area (Å²) in [5.41, 5.74) is 7.90. The van der Waals surface area contributed by atoms with Crippen molar-refractivity contribution < 1.29 is 26.4 Å². The van der Waals surface area contributed by atoms with Gasteiger partial charge in [0.25, 0.3) is 0 Å². The second kappa shape index (κ2) is 12.9. The summed E-state index contributed by atoms with van der Waals surface area (Å²) < 4.78 is 71.3. The van der Waals surface area contributed by atoms with Crippen LogP contribution in [0.5, 0.6) is 0 Å². The van der Waals surface area contributed by atoms with Crippen LogP contribution in [0.25, 0.3) is 0 Å². The van der Waals surface area contributed by atoms with Gasteiger partial charge in [-0.25, -0.2) is 21.6 Å². The monoisotopic (exact) mass is 626 g/mol. The van der Waals surface area contributed by atoms with Gasteiger partial charge in [-0.05, 0) is 73.3 Å². The number of fused-ring (bicyclic) bond motifs is 2. The Labute approximate surface area is 250 Å². The number of benzene rings is 1. The van der Waals surface area contributed by atoms with Crippen molar-refractivity contribution in [3.8, 4) is 0 Å². The number of nitrogens with one attached hydrogen (secondary N) is 1. The molecule has 5 rings (SSSR count). The van der Waals surface area contributed by atoms with E-state index in [2.05, 4.69) is 10.3 Å². The summed E-state index contributed by atoms with van der Waals surface area (Å²) in [5.74, 6) is -4.85. The fourth-order valence-corrected chi connectivity index (χ4v) is 8.90. The summed E-state index contributed by atoms with van der Waals surface area (Å²) in [5, 5.41) is 3.90. The average molecular weight is 627 g/mol. The summed E-state index contributed by atoms with van der Waals surface area (Å²) in [6.07, 6.45) is 4.61. The zero-order valence-corrected chi connectivity index (χ0v) is 25.0. The number of hydrogen-bond acceptors (Lipinski definition) is 6. The van der Waals surface area contributed by atoms with Crippen molar-refractivity contribution in [2.75, 3.05) is 18.8 Å². The van der Waals surface area contributed by atoms with Crippen LogP contribution in [0.3, 0.4) is 0 Å². The number of carbonyl (C=O) groups excluding carboxylic acids is 1. The van der Waals surface area contributed by atoms with Gasteiger partial charge in [0.05, 0.1) is 18.0 Å². The maximum absolute atomic E-state index is 15.1. The zero-order valence-electron chi connectivity index (χ0n) is 23.5. The van der Waals surface area contributed by atoms with Crippen LogP contribution in [-0.2, 0) is 27.7 Å². The number of halogens is 4. The molecule has 2 unspecified atom stereocenters. The van der Waals surface area contributed by atoms with Gasteiger partial charge >= 0.3 is 0 Å². The summed E-state index contributed by atoms with van der Waals surface area (Å²) in [4.78, 5) is 17.6. The van der Waals surface area contributed by atoms with E-state index in [1.54, 1.807) is 28.6 Å². The van der Waals surface area contributed by atoms with E-state index >= 15 is 4.39 Å². The van der Waals surface area contributed by atoms with E-state index in [1.807, 2.05) is 0 Å². The largest absolute Gasteiger partial charge is 0.321 e. The molecule has 12 heteroatoms. The lowest BCUT2D eigenvalue weighted by Crippen LogP contribution is -2.57. The molecule has 6 atom stereocenters. The predicted molar refractivity (Wildman–Crippen MR) is 156 cm³/mol. The molecule has 1 aromatic heterocycles. The number of carbonyl (C=O) groups is 1. The number of sulfonamides is 1. The van der Waals surface area contributed by atoms with E-state index in [1.165, 1.54) is 6.20 Å². The van der Waals surface area contributed by atoms with Crippen LogP contribution in [0, 0.1) is 11.7 Å². The third-order valence-electron chi connectivity index (χ3n) is 9.15. The molecule has 3 aliphatic rings. The van der Waals surface area contributed by atoms with E-state index in [0.29, 0.717) is 60.5 Å². The van der Waals surface area contributed by atoms with Gasteiger partial charge in [-0.1, -0.05) is 23.7 Å². The number of ketones is 1. The number of piperazine rings is 1. The van der Waals surface area contributed by atoms with E-state index in [-0.39, 0.29) is 43.5 Å². The third-order valence-corrected chi connectivity index (χ3v) is 11.4. The standard InChI is InChI=1S/C30H38ClF3N4O3S/c31-22-7-5-19(6-8-22)28(20-3-1-11-30(33,34)14-20)29(35)27(39)13-21-15-36-17-26(32)25(21)10-9-24-16-37-23-4-2-12-42(40,41)38(24)18-23/h5-8,15,17,20,23-24,28-29,37H,1-4,9-14,16,18,35H2/t20?,23-,24+,28+,29-/m1/s1. The molecular formula is C30H38ClF3N4O3S. The van der Waals surface area contributed by atoms with Crippen molar-refractivity contribution in [1.82, 2.24) is 14.6 Å². The minimum absolute atomic E-state index is 0.102. The van der Waals surface area contributed by atoms with Crippen LogP contribution in [-0.4, -0.2) is 66.4 Å². The molecule has 0 radical (unpaired) electrons. The highest BCUT2D eigenvalue weighted by molar-refractivity contribution is 7.89. The minimum Gasteiger partial charge on any atom is -0.321 e. The highest BCUT2D eigenvalue weighted by Crippen LogP contribution is 2.44. The zero-order chi connectivity index (χ0) is 30.1. The van der Waals surface area contributed by atoms with Crippen molar-refractivity contribution in [3.05, 3.63) is 64.2 Å².